The molecule has 1 amide bonds. The van der Waals surface area contributed by atoms with Crippen LogP contribution in [0.25, 0.3) is 0 Å². The fraction of sp³-hybridized carbons (Fsp3) is 0.636. The third kappa shape index (κ3) is 6.47. The SMILES string of the molecule is CCCCCCCCCCCc1ccc(C(=O)NC2(C(=N)N)CC2)cc1. The van der Waals surface area contributed by atoms with E-state index in [4.69, 9.17) is 11.1 Å². The maximum atomic E-state index is 12.3. The molecule has 0 aromatic heterocycles. The minimum atomic E-state index is -0.577. The van der Waals surface area contributed by atoms with E-state index >= 15 is 0 Å². The quantitative estimate of drug-likeness (QED) is 0.265. The van der Waals surface area contributed by atoms with E-state index in [1.165, 1.54) is 63.4 Å². The summed E-state index contributed by atoms with van der Waals surface area (Å²) in [7, 11) is 0. The van der Waals surface area contributed by atoms with E-state index < -0.39 is 5.54 Å². The molecule has 0 saturated heterocycles. The molecular formula is C22H35N3O. The number of carbonyl (C=O) groups is 1. The van der Waals surface area contributed by atoms with E-state index in [1.54, 1.807) is 0 Å². The topological polar surface area (TPSA) is 79.0 Å². The first-order valence-corrected chi connectivity index (χ1v) is 10.3. The molecule has 4 nitrogen and oxygen atoms in total. The van der Waals surface area contributed by atoms with Crippen LogP contribution in [0.4, 0.5) is 0 Å². The first kappa shape index (κ1) is 20.5. The Labute approximate surface area is 158 Å². The van der Waals surface area contributed by atoms with Crippen LogP contribution in [0.3, 0.4) is 0 Å². The molecule has 0 heterocycles. The van der Waals surface area contributed by atoms with Crippen LogP contribution in [0.5, 0.6) is 0 Å². The Morgan fingerprint density at radius 2 is 1.54 bits per heavy atom. The molecule has 0 aliphatic heterocycles. The summed E-state index contributed by atoms with van der Waals surface area (Å²) < 4.78 is 0. The van der Waals surface area contributed by atoms with Crippen molar-refractivity contribution in [3.05, 3.63) is 35.4 Å². The number of aryl methyl sites for hydroxylation is 1. The number of hydrogen-bond acceptors (Lipinski definition) is 2. The lowest BCUT2D eigenvalue weighted by Gasteiger charge is -2.15. The number of rotatable bonds is 13. The Bertz CT molecular complexity index is 576. The van der Waals surface area contributed by atoms with Gasteiger partial charge in [-0.15, -0.1) is 0 Å². The van der Waals surface area contributed by atoms with E-state index in [2.05, 4.69) is 12.2 Å². The molecule has 4 heteroatoms. The average molecular weight is 358 g/mol. The van der Waals surface area contributed by atoms with Gasteiger partial charge in [0.05, 0.1) is 5.54 Å². The molecule has 0 spiro atoms. The molecule has 0 atom stereocenters. The number of amidine groups is 1. The summed E-state index contributed by atoms with van der Waals surface area (Å²) in [6, 6.07) is 7.86. The van der Waals surface area contributed by atoms with Gasteiger partial charge in [-0.1, -0.05) is 70.4 Å². The predicted octanol–water partition coefficient (Wildman–Crippen LogP) is 4.96. The molecule has 1 saturated carbocycles. The highest BCUT2D eigenvalue weighted by Crippen LogP contribution is 2.35. The van der Waals surface area contributed by atoms with Gasteiger partial charge in [0.25, 0.3) is 5.91 Å². The van der Waals surface area contributed by atoms with Crippen LogP contribution < -0.4 is 11.1 Å². The van der Waals surface area contributed by atoms with Gasteiger partial charge in [0.2, 0.25) is 0 Å². The molecule has 1 aliphatic carbocycles. The van der Waals surface area contributed by atoms with Crippen molar-refractivity contribution in [1.82, 2.24) is 5.32 Å². The van der Waals surface area contributed by atoms with Crippen LogP contribution in [0.2, 0.25) is 0 Å². The van der Waals surface area contributed by atoms with Crippen molar-refractivity contribution in [3.8, 4) is 0 Å². The Morgan fingerprint density at radius 3 is 2.04 bits per heavy atom. The van der Waals surface area contributed by atoms with Gasteiger partial charge in [0.15, 0.2) is 0 Å². The summed E-state index contributed by atoms with van der Waals surface area (Å²) in [6.07, 6.45) is 14.7. The number of hydrogen-bond donors (Lipinski definition) is 3. The molecule has 1 aliphatic rings. The number of nitrogens with two attached hydrogens (primary N) is 1. The second kappa shape index (κ2) is 10.3. The Morgan fingerprint density at radius 1 is 1.00 bits per heavy atom. The fourth-order valence-electron chi connectivity index (χ4n) is 3.34. The Balaban J connectivity index is 1.62. The van der Waals surface area contributed by atoms with Crippen molar-refractivity contribution in [3.63, 3.8) is 0 Å². The molecule has 1 aromatic carbocycles. The zero-order valence-corrected chi connectivity index (χ0v) is 16.3. The van der Waals surface area contributed by atoms with Crippen molar-refractivity contribution in [2.24, 2.45) is 5.73 Å². The number of nitrogens with one attached hydrogen (secondary N) is 2. The third-order valence-electron chi connectivity index (χ3n) is 5.40. The van der Waals surface area contributed by atoms with E-state index in [0.717, 1.165) is 19.3 Å². The van der Waals surface area contributed by atoms with Crippen LogP contribution in [0.15, 0.2) is 24.3 Å². The van der Waals surface area contributed by atoms with Crippen molar-refractivity contribution < 1.29 is 4.79 Å². The summed E-state index contributed by atoms with van der Waals surface area (Å²) >= 11 is 0. The van der Waals surface area contributed by atoms with Gasteiger partial charge in [0.1, 0.15) is 5.84 Å². The van der Waals surface area contributed by atoms with Gasteiger partial charge in [-0.3, -0.25) is 10.2 Å². The molecule has 0 bridgehead atoms. The van der Waals surface area contributed by atoms with Crippen LogP contribution in [0.1, 0.15) is 93.5 Å². The standard InChI is InChI=1S/C22H35N3O/c1-2-3-4-5-6-7-8-9-10-11-18-12-14-19(15-13-18)20(26)25-22(16-17-22)21(23)24/h12-15H,2-11,16-17H2,1H3,(H3,23,24)(H,25,26). The molecular weight excluding hydrogens is 322 g/mol. The Kier molecular flexibility index (Phi) is 8.14. The van der Waals surface area contributed by atoms with Crippen LogP contribution in [0, 0.1) is 5.41 Å². The van der Waals surface area contributed by atoms with Gasteiger partial charge in [-0.05, 0) is 43.4 Å². The molecule has 26 heavy (non-hydrogen) atoms. The number of benzene rings is 1. The Hall–Kier alpha value is -1.84. The van der Waals surface area contributed by atoms with Gasteiger partial charge >= 0.3 is 0 Å². The average Bonchev–Trinajstić information content (AvgIpc) is 3.42. The third-order valence-corrected chi connectivity index (χ3v) is 5.40. The van der Waals surface area contributed by atoms with Crippen molar-refractivity contribution in [2.45, 2.75) is 89.5 Å². The summed E-state index contributed by atoms with van der Waals surface area (Å²) in [5.74, 6) is -0.0693. The molecule has 1 aromatic rings. The zero-order valence-electron chi connectivity index (χ0n) is 16.3. The predicted molar refractivity (Wildman–Crippen MR) is 109 cm³/mol. The van der Waals surface area contributed by atoms with E-state index in [0.29, 0.717) is 5.56 Å². The van der Waals surface area contributed by atoms with Crippen molar-refractivity contribution >= 4 is 11.7 Å². The number of amides is 1. The lowest BCUT2D eigenvalue weighted by Crippen LogP contribution is -2.46. The number of unbranched alkanes of at least 4 members (excludes halogenated alkanes) is 8. The highest BCUT2D eigenvalue weighted by Gasteiger charge is 2.47. The van der Waals surface area contributed by atoms with Crippen LogP contribution in [-0.2, 0) is 6.42 Å². The summed E-state index contributed by atoms with van der Waals surface area (Å²) in [4.78, 5) is 12.3. The molecule has 144 valence electrons. The summed E-state index contributed by atoms with van der Waals surface area (Å²) in [5, 5.41) is 10.5. The second-order valence-electron chi connectivity index (χ2n) is 7.73. The fourth-order valence-corrected chi connectivity index (χ4v) is 3.34. The molecule has 0 radical (unpaired) electrons. The monoisotopic (exact) mass is 357 g/mol. The van der Waals surface area contributed by atoms with Gasteiger partial charge in [-0.2, -0.15) is 0 Å². The highest BCUT2D eigenvalue weighted by atomic mass is 16.1. The first-order valence-electron chi connectivity index (χ1n) is 10.3. The van der Waals surface area contributed by atoms with Crippen molar-refractivity contribution in [2.75, 3.05) is 0 Å². The second-order valence-corrected chi connectivity index (χ2v) is 7.73. The first-order chi connectivity index (χ1) is 12.6. The van der Waals surface area contributed by atoms with E-state index in [1.807, 2.05) is 24.3 Å². The van der Waals surface area contributed by atoms with Gasteiger partial charge < -0.3 is 11.1 Å². The lowest BCUT2D eigenvalue weighted by molar-refractivity contribution is 0.0943. The van der Waals surface area contributed by atoms with Gasteiger partial charge in [-0.25, -0.2) is 0 Å². The molecule has 1 fully saturated rings. The minimum Gasteiger partial charge on any atom is -0.386 e. The van der Waals surface area contributed by atoms with Gasteiger partial charge in [0, 0.05) is 5.56 Å². The molecule has 4 N–H and O–H groups in total. The number of carbonyl (C=O) groups excluding carboxylic acids is 1. The maximum absolute atomic E-state index is 12.3. The highest BCUT2D eigenvalue weighted by molar-refractivity contribution is 6.01. The zero-order chi connectivity index (χ0) is 18.8. The van der Waals surface area contributed by atoms with E-state index in [-0.39, 0.29) is 11.7 Å². The molecule has 2 rings (SSSR count). The maximum Gasteiger partial charge on any atom is 0.252 e. The van der Waals surface area contributed by atoms with Crippen LogP contribution >= 0.6 is 0 Å². The lowest BCUT2D eigenvalue weighted by atomic mass is 10.0. The van der Waals surface area contributed by atoms with Crippen molar-refractivity contribution in [1.29, 1.82) is 5.41 Å². The minimum absolute atomic E-state index is 0.0628. The van der Waals surface area contributed by atoms with Crippen LogP contribution in [-0.4, -0.2) is 17.3 Å². The smallest absolute Gasteiger partial charge is 0.252 e. The largest absolute Gasteiger partial charge is 0.386 e. The molecule has 0 unspecified atom stereocenters. The summed E-state index contributed by atoms with van der Waals surface area (Å²) in [5.41, 5.74) is 6.93. The normalized spacial score (nSPS) is 14.8. The summed E-state index contributed by atoms with van der Waals surface area (Å²) in [6.45, 7) is 2.26. The van der Waals surface area contributed by atoms with E-state index in [9.17, 15) is 4.79 Å².